The summed E-state index contributed by atoms with van der Waals surface area (Å²) in [4.78, 5) is 11.8. The lowest BCUT2D eigenvalue weighted by Gasteiger charge is -2.16. The van der Waals surface area contributed by atoms with Gasteiger partial charge < -0.3 is 11.1 Å². The number of hydrogen-bond donors (Lipinski definition) is 3. The largest absolute Gasteiger partial charge is 0.320 e. The molecule has 0 spiro atoms. The summed E-state index contributed by atoms with van der Waals surface area (Å²) in [6, 6.07) is 1.35. The molecule has 17 heavy (non-hydrogen) atoms. The summed E-state index contributed by atoms with van der Waals surface area (Å²) in [5.74, 6) is 0.883. The van der Waals surface area contributed by atoms with Gasteiger partial charge in [0.2, 0.25) is 5.91 Å². The number of hydrogen-bond acceptors (Lipinski definition) is 3. The van der Waals surface area contributed by atoms with Gasteiger partial charge in [-0.3, -0.25) is 9.89 Å². The molecule has 5 nitrogen and oxygen atoms in total. The summed E-state index contributed by atoms with van der Waals surface area (Å²) < 4.78 is 0. The molecule has 1 aromatic rings. The molecular weight excluding hydrogens is 216 g/mol. The average molecular weight is 238 g/mol. The highest BCUT2D eigenvalue weighted by Crippen LogP contribution is 2.15. The molecule has 1 heterocycles. The molecule has 96 valence electrons. The SMILES string of the molecule is CCC(C)C(N)C(=O)Nc1cc(C(C)C)[nH]n1. The van der Waals surface area contributed by atoms with E-state index in [9.17, 15) is 4.79 Å². The number of rotatable bonds is 5. The molecule has 0 radical (unpaired) electrons. The van der Waals surface area contributed by atoms with Crippen LogP contribution in [0.15, 0.2) is 6.07 Å². The van der Waals surface area contributed by atoms with Gasteiger partial charge in [-0.15, -0.1) is 0 Å². The van der Waals surface area contributed by atoms with Crippen molar-refractivity contribution < 1.29 is 4.79 Å². The van der Waals surface area contributed by atoms with Crippen LogP contribution in [0.25, 0.3) is 0 Å². The van der Waals surface area contributed by atoms with Gasteiger partial charge in [-0.25, -0.2) is 0 Å². The number of carbonyl (C=O) groups is 1. The molecule has 1 amide bonds. The highest BCUT2D eigenvalue weighted by atomic mass is 16.2. The lowest BCUT2D eigenvalue weighted by Crippen LogP contribution is -2.40. The third-order valence-corrected chi connectivity index (χ3v) is 3.03. The Morgan fingerprint density at radius 1 is 1.53 bits per heavy atom. The van der Waals surface area contributed by atoms with Gasteiger partial charge in [0, 0.05) is 11.8 Å². The van der Waals surface area contributed by atoms with Gasteiger partial charge in [0.25, 0.3) is 0 Å². The second-order valence-corrected chi connectivity index (χ2v) is 4.76. The van der Waals surface area contributed by atoms with E-state index in [-0.39, 0.29) is 11.8 Å². The molecule has 1 aromatic heterocycles. The normalized spacial score (nSPS) is 14.7. The van der Waals surface area contributed by atoms with Crippen LogP contribution in [-0.4, -0.2) is 22.1 Å². The van der Waals surface area contributed by atoms with Gasteiger partial charge in [0.1, 0.15) is 0 Å². The van der Waals surface area contributed by atoms with Crippen molar-refractivity contribution in [1.82, 2.24) is 10.2 Å². The molecule has 0 aliphatic heterocycles. The maximum Gasteiger partial charge on any atom is 0.242 e. The topological polar surface area (TPSA) is 83.8 Å². The first-order valence-electron chi connectivity index (χ1n) is 6.07. The highest BCUT2D eigenvalue weighted by Gasteiger charge is 2.20. The Labute approximate surface area is 102 Å². The van der Waals surface area contributed by atoms with Crippen molar-refractivity contribution >= 4 is 11.7 Å². The highest BCUT2D eigenvalue weighted by molar-refractivity contribution is 5.94. The molecule has 2 atom stereocenters. The van der Waals surface area contributed by atoms with Crippen LogP contribution < -0.4 is 11.1 Å². The van der Waals surface area contributed by atoms with Gasteiger partial charge in [0.05, 0.1) is 6.04 Å². The lowest BCUT2D eigenvalue weighted by atomic mass is 9.99. The first kappa shape index (κ1) is 13.7. The monoisotopic (exact) mass is 238 g/mol. The molecular formula is C12H22N4O. The maximum atomic E-state index is 11.8. The predicted molar refractivity (Wildman–Crippen MR) is 68.7 cm³/mol. The third kappa shape index (κ3) is 3.56. The van der Waals surface area contributed by atoms with E-state index < -0.39 is 6.04 Å². The molecule has 0 aliphatic rings. The quantitative estimate of drug-likeness (QED) is 0.732. The number of H-pyrrole nitrogens is 1. The number of nitrogens with two attached hydrogens (primary N) is 1. The molecule has 2 unspecified atom stereocenters. The molecule has 5 heteroatoms. The molecule has 0 bridgehead atoms. The van der Waals surface area contributed by atoms with Crippen molar-refractivity contribution in [2.24, 2.45) is 11.7 Å². The number of anilines is 1. The van der Waals surface area contributed by atoms with E-state index in [2.05, 4.69) is 29.4 Å². The van der Waals surface area contributed by atoms with Crippen molar-refractivity contribution in [3.63, 3.8) is 0 Å². The van der Waals surface area contributed by atoms with Crippen LogP contribution in [0.1, 0.15) is 45.7 Å². The number of amides is 1. The van der Waals surface area contributed by atoms with Crippen LogP contribution in [-0.2, 0) is 4.79 Å². The molecule has 0 fully saturated rings. The Balaban J connectivity index is 2.61. The second-order valence-electron chi connectivity index (χ2n) is 4.76. The van der Waals surface area contributed by atoms with Crippen molar-refractivity contribution in [3.8, 4) is 0 Å². The molecule has 0 aromatic carbocycles. The summed E-state index contributed by atoms with van der Waals surface area (Å²) in [7, 11) is 0. The fourth-order valence-corrected chi connectivity index (χ4v) is 1.42. The minimum Gasteiger partial charge on any atom is -0.320 e. The Morgan fingerprint density at radius 2 is 2.18 bits per heavy atom. The fraction of sp³-hybridized carbons (Fsp3) is 0.667. The molecule has 0 saturated heterocycles. The van der Waals surface area contributed by atoms with Gasteiger partial charge in [-0.1, -0.05) is 34.1 Å². The minimum atomic E-state index is -0.487. The van der Waals surface area contributed by atoms with Gasteiger partial charge in [0.15, 0.2) is 5.82 Å². The summed E-state index contributed by atoms with van der Waals surface area (Å²) in [6.07, 6.45) is 0.881. The van der Waals surface area contributed by atoms with Gasteiger partial charge in [-0.2, -0.15) is 5.10 Å². The summed E-state index contributed by atoms with van der Waals surface area (Å²) in [6.45, 7) is 8.10. The fourth-order valence-electron chi connectivity index (χ4n) is 1.42. The Morgan fingerprint density at radius 3 is 2.65 bits per heavy atom. The summed E-state index contributed by atoms with van der Waals surface area (Å²) in [5, 5.41) is 9.65. The van der Waals surface area contributed by atoms with E-state index in [0.717, 1.165) is 12.1 Å². The summed E-state index contributed by atoms with van der Waals surface area (Å²) in [5.41, 5.74) is 6.83. The lowest BCUT2D eigenvalue weighted by molar-refractivity contribution is -0.118. The van der Waals surface area contributed by atoms with Gasteiger partial charge >= 0.3 is 0 Å². The predicted octanol–water partition coefficient (Wildman–Crippen LogP) is 1.84. The number of nitrogens with one attached hydrogen (secondary N) is 2. The standard InChI is InChI=1S/C12H22N4O/c1-5-8(4)11(13)12(17)14-10-6-9(7(2)3)15-16-10/h6-8,11H,5,13H2,1-4H3,(H2,14,15,16,17). The van der Waals surface area contributed by atoms with E-state index in [4.69, 9.17) is 5.73 Å². The van der Waals surface area contributed by atoms with Crippen LogP contribution in [0.5, 0.6) is 0 Å². The molecule has 1 rings (SSSR count). The maximum absolute atomic E-state index is 11.8. The van der Waals surface area contributed by atoms with Crippen molar-refractivity contribution in [2.75, 3.05) is 5.32 Å². The number of aromatic nitrogens is 2. The first-order chi connectivity index (χ1) is 7.95. The van der Waals surface area contributed by atoms with Crippen LogP contribution in [0.3, 0.4) is 0 Å². The average Bonchev–Trinajstić information content (AvgIpc) is 2.75. The van der Waals surface area contributed by atoms with Crippen LogP contribution >= 0.6 is 0 Å². The van der Waals surface area contributed by atoms with E-state index in [0.29, 0.717) is 11.7 Å². The molecule has 0 aliphatic carbocycles. The van der Waals surface area contributed by atoms with E-state index in [1.807, 2.05) is 19.9 Å². The second kappa shape index (κ2) is 5.82. The molecule has 4 N–H and O–H groups in total. The zero-order valence-corrected chi connectivity index (χ0v) is 10.9. The van der Waals surface area contributed by atoms with E-state index >= 15 is 0 Å². The first-order valence-corrected chi connectivity index (χ1v) is 6.07. The Kier molecular flexibility index (Phi) is 4.69. The van der Waals surface area contributed by atoms with Crippen molar-refractivity contribution in [2.45, 2.75) is 46.1 Å². The minimum absolute atomic E-state index is 0.165. The molecule has 0 saturated carbocycles. The van der Waals surface area contributed by atoms with Crippen LogP contribution in [0.4, 0.5) is 5.82 Å². The smallest absolute Gasteiger partial charge is 0.242 e. The van der Waals surface area contributed by atoms with Gasteiger partial charge in [-0.05, 0) is 11.8 Å². The van der Waals surface area contributed by atoms with E-state index in [1.54, 1.807) is 0 Å². The van der Waals surface area contributed by atoms with Crippen LogP contribution in [0.2, 0.25) is 0 Å². The number of aromatic amines is 1. The number of nitrogens with zero attached hydrogens (tertiary/aromatic N) is 1. The zero-order valence-electron chi connectivity index (χ0n) is 10.9. The number of carbonyl (C=O) groups excluding carboxylic acids is 1. The Hall–Kier alpha value is -1.36. The Bertz CT molecular complexity index is 372. The van der Waals surface area contributed by atoms with Crippen molar-refractivity contribution in [3.05, 3.63) is 11.8 Å². The van der Waals surface area contributed by atoms with E-state index in [1.165, 1.54) is 0 Å². The third-order valence-electron chi connectivity index (χ3n) is 3.03. The van der Waals surface area contributed by atoms with Crippen molar-refractivity contribution in [1.29, 1.82) is 0 Å². The summed E-state index contributed by atoms with van der Waals surface area (Å²) >= 11 is 0. The zero-order chi connectivity index (χ0) is 13.0. The van der Waals surface area contributed by atoms with Crippen LogP contribution in [0, 0.1) is 5.92 Å².